The molecule has 18 nitrogen and oxygen atoms in total. The zero-order chi connectivity index (χ0) is 41.9. The van der Waals surface area contributed by atoms with Crippen molar-refractivity contribution < 1.29 is 71.7 Å². The van der Waals surface area contributed by atoms with Crippen molar-refractivity contribution >= 4 is 35.8 Å². The Bertz CT molecular complexity index is 1250. The van der Waals surface area contributed by atoms with Gasteiger partial charge in [0.1, 0.15) is 12.4 Å². The van der Waals surface area contributed by atoms with Gasteiger partial charge in [-0.05, 0) is 24.1 Å². The average Bonchev–Trinajstić information content (AvgIpc) is 3.20. The molecule has 1 rings (SSSR count). The van der Waals surface area contributed by atoms with E-state index in [4.69, 9.17) is 42.6 Å². The van der Waals surface area contributed by atoms with Crippen molar-refractivity contribution in [1.29, 1.82) is 0 Å². The van der Waals surface area contributed by atoms with E-state index < -0.39 is 5.91 Å². The summed E-state index contributed by atoms with van der Waals surface area (Å²) in [4.78, 5) is 60.3. The zero-order valence-electron chi connectivity index (χ0n) is 34.1. The SMILES string of the molecule is CCC(C)C(=O)N(C=O)CCOCCOCCOCCOCCOCCOCCOCCOCCC(=O)NCCC(=O)Nc1cc(COC(=O)C(C)C)ccc1O. The summed E-state index contributed by atoms with van der Waals surface area (Å²) in [7, 11) is 0. The topological polar surface area (TPSA) is 216 Å². The standard InChI is InChI=1S/C39H65N3O15/c1-5-32(4)38(47)42(30-43)11-13-50-15-17-52-19-21-54-23-25-56-27-26-55-24-22-53-20-18-51-16-14-49-12-9-36(45)40-10-8-37(46)41-34-28-33(6-7-35(34)44)29-57-39(48)31(2)3/h6-7,28,30-32,44H,5,8-27,29H2,1-4H3,(H,40,45)(H,41,46). The van der Waals surface area contributed by atoms with Crippen LogP contribution in [0.2, 0.25) is 0 Å². The lowest BCUT2D eigenvalue weighted by molar-refractivity contribution is -0.148. The van der Waals surface area contributed by atoms with Crippen LogP contribution in [0.25, 0.3) is 0 Å². The highest BCUT2D eigenvalue weighted by atomic mass is 16.6. The maximum Gasteiger partial charge on any atom is 0.308 e. The number of hydrogen-bond acceptors (Lipinski definition) is 15. The van der Waals surface area contributed by atoms with E-state index >= 15 is 0 Å². The van der Waals surface area contributed by atoms with Crippen molar-refractivity contribution in [3.05, 3.63) is 23.8 Å². The van der Waals surface area contributed by atoms with E-state index in [0.717, 1.165) is 4.90 Å². The molecule has 0 radical (unpaired) electrons. The number of phenols is 1. The molecule has 57 heavy (non-hydrogen) atoms. The third kappa shape index (κ3) is 27.5. The summed E-state index contributed by atoms with van der Waals surface area (Å²) in [6.45, 7) is 13.6. The summed E-state index contributed by atoms with van der Waals surface area (Å²) < 4.78 is 48.7. The van der Waals surface area contributed by atoms with Crippen LogP contribution < -0.4 is 10.6 Å². The minimum absolute atomic E-state index is 0.00103. The Hall–Kier alpha value is -3.75. The maximum absolute atomic E-state index is 12.3. The lowest BCUT2D eigenvalue weighted by Gasteiger charge is -2.18. The van der Waals surface area contributed by atoms with Crippen molar-refractivity contribution in [2.24, 2.45) is 11.8 Å². The number of nitrogens with one attached hydrogen (secondary N) is 2. The molecule has 0 fully saturated rings. The monoisotopic (exact) mass is 815 g/mol. The van der Waals surface area contributed by atoms with Crippen LogP contribution in [0.5, 0.6) is 5.75 Å². The molecular weight excluding hydrogens is 750 g/mol. The molecule has 0 saturated carbocycles. The number of amides is 4. The molecule has 326 valence electrons. The number of anilines is 1. The number of imide groups is 1. The number of carbonyl (C=O) groups is 5. The summed E-state index contributed by atoms with van der Waals surface area (Å²) in [5.74, 6) is -1.78. The van der Waals surface area contributed by atoms with Crippen LogP contribution in [0.4, 0.5) is 5.69 Å². The molecule has 1 atom stereocenters. The van der Waals surface area contributed by atoms with Gasteiger partial charge in [-0.3, -0.25) is 28.9 Å². The molecule has 0 heterocycles. The van der Waals surface area contributed by atoms with Gasteiger partial charge in [-0.15, -0.1) is 0 Å². The van der Waals surface area contributed by atoms with E-state index in [9.17, 15) is 29.1 Å². The molecule has 3 N–H and O–H groups in total. The molecule has 1 aromatic carbocycles. The first-order valence-corrected chi connectivity index (χ1v) is 19.5. The van der Waals surface area contributed by atoms with Crippen molar-refractivity contribution in [1.82, 2.24) is 10.2 Å². The van der Waals surface area contributed by atoms with Gasteiger partial charge < -0.3 is 58.4 Å². The van der Waals surface area contributed by atoms with Gasteiger partial charge in [-0.25, -0.2) is 0 Å². The summed E-state index contributed by atoms with van der Waals surface area (Å²) >= 11 is 0. The Kier molecular flexibility index (Phi) is 30.9. The quantitative estimate of drug-likeness (QED) is 0.0380. The van der Waals surface area contributed by atoms with Gasteiger partial charge in [-0.1, -0.05) is 33.8 Å². The molecule has 1 aromatic rings. The van der Waals surface area contributed by atoms with Gasteiger partial charge >= 0.3 is 5.97 Å². The smallest absolute Gasteiger partial charge is 0.308 e. The molecule has 1 unspecified atom stereocenters. The lowest BCUT2D eigenvalue weighted by Crippen LogP contribution is -2.36. The number of aromatic hydroxyl groups is 1. The van der Waals surface area contributed by atoms with Gasteiger partial charge in [0.2, 0.25) is 24.1 Å². The molecule has 18 heteroatoms. The maximum atomic E-state index is 12.3. The molecule has 0 aliphatic rings. The molecule has 0 aromatic heterocycles. The second-order valence-electron chi connectivity index (χ2n) is 12.9. The van der Waals surface area contributed by atoms with Crippen molar-refractivity contribution in [3.8, 4) is 5.75 Å². The third-order valence-corrected chi connectivity index (χ3v) is 7.86. The Morgan fingerprint density at radius 2 is 1.16 bits per heavy atom. The highest BCUT2D eigenvalue weighted by Crippen LogP contribution is 2.25. The first-order chi connectivity index (χ1) is 27.6. The largest absolute Gasteiger partial charge is 0.506 e. The molecule has 0 bridgehead atoms. The Morgan fingerprint density at radius 1 is 0.684 bits per heavy atom. The summed E-state index contributed by atoms with van der Waals surface area (Å²) in [5, 5.41) is 15.3. The van der Waals surface area contributed by atoms with Gasteiger partial charge in [0.15, 0.2) is 0 Å². The van der Waals surface area contributed by atoms with Crippen molar-refractivity contribution in [2.75, 3.05) is 124 Å². The number of rotatable bonds is 37. The van der Waals surface area contributed by atoms with E-state index in [2.05, 4.69) is 10.6 Å². The summed E-state index contributed by atoms with van der Waals surface area (Å²) in [6.07, 6.45) is 1.36. The Balaban J connectivity index is 1.84. The van der Waals surface area contributed by atoms with E-state index in [1.807, 2.05) is 6.92 Å². The fourth-order valence-electron chi connectivity index (χ4n) is 4.35. The first kappa shape index (κ1) is 51.3. The number of phenolic OH excluding ortho intramolecular Hbond substituents is 1. The average molecular weight is 816 g/mol. The fourth-order valence-corrected chi connectivity index (χ4v) is 4.35. The zero-order valence-corrected chi connectivity index (χ0v) is 34.1. The number of hydrogen-bond donors (Lipinski definition) is 3. The number of carbonyl (C=O) groups excluding carboxylic acids is 5. The molecule has 4 amide bonds. The van der Waals surface area contributed by atoms with Crippen molar-refractivity contribution in [3.63, 3.8) is 0 Å². The second-order valence-corrected chi connectivity index (χ2v) is 12.9. The van der Waals surface area contributed by atoms with Gasteiger partial charge in [0.25, 0.3) is 0 Å². The minimum Gasteiger partial charge on any atom is -0.506 e. The minimum atomic E-state index is -0.397. The predicted molar refractivity (Wildman–Crippen MR) is 207 cm³/mol. The normalized spacial score (nSPS) is 11.7. The van der Waals surface area contributed by atoms with Crippen molar-refractivity contribution in [2.45, 2.75) is 53.6 Å². The molecule has 0 saturated heterocycles. The van der Waals surface area contributed by atoms with Crippen LogP contribution in [0, 0.1) is 11.8 Å². The fraction of sp³-hybridized carbons (Fsp3) is 0.718. The number of esters is 1. The highest BCUT2D eigenvalue weighted by molar-refractivity contribution is 5.92. The summed E-state index contributed by atoms with van der Waals surface area (Å²) in [5.41, 5.74) is 0.800. The predicted octanol–water partition coefficient (Wildman–Crippen LogP) is 2.09. The first-order valence-electron chi connectivity index (χ1n) is 19.5. The van der Waals surface area contributed by atoms with Crippen LogP contribution in [0.15, 0.2) is 18.2 Å². The number of nitrogens with zero attached hydrogens (tertiary/aromatic N) is 1. The van der Waals surface area contributed by atoms with E-state index in [0.29, 0.717) is 111 Å². The summed E-state index contributed by atoms with van der Waals surface area (Å²) in [6, 6.07) is 4.53. The van der Waals surface area contributed by atoms with Crippen LogP contribution in [-0.2, 0) is 73.2 Å². The lowest BCUT2D eigenvalue weighted by atomic mass is 10.1. The van der Waals surface area contributed by atoms with Crippen LogP contribution in [-0.4, -0.2) is 159 Å². The molecule has 0 aliphatic heterocycles. The highest BCUT2D eigenvalue weighted by Gasteiger charge is 2.18. The Morgan fingerprint density at radius 3 is 1.61 bits per heavy atom. The second kappa shape index (κ2) is 34.3. The van der Waals surface area contributed by atoms with Gasteiger partial charge in [-0.2, -0.15) is 0 Å². The van der Waals surface area contributed by atoms with E-state index in [1.54, 1.807) is 26.8 Å². The van der Waals surface area contributed by atoms with E-state index in [1.165, 1.54) is 12.1 Å². The number of benzene rings is 1. The molecule has 0 aliphatic carbocycles. The third-order valence-electron chi connectivity index (χ3n) is 7.86. The van der Waals surface area contributed by atoms with Gasteiger partial charge in [0.05, 0.1) is 124 Å². The van der Waals surface area contributed by atoms with Crippen LogP contribution in [0.1, 0.15) is 52.5 Å². The van der Waals surface area contributed by atoms with Crippen LogP contribution in [0.3, 0.4) is 0 Å². The van der Waals surface area contributed by atoms with Gasteiger partial charge in [0, 0.05) is 25.3 Å². The Labute approximate surface area is 336 Å². The molecule has 0 spiro atoms. The van der Waals surface area contributed by atoms with E-state index in [-0.39, 0.29) is 86.8 Å². The number of ether oxygens (including phenoxy) is 9. The molecular formula is C39H65N3O15. The van der Waals surface area contributed by atoms with Crippen LogP contribution >= 0.6 is 0 Å².